The number of thiol groups is 1. The van der Waals surface area contributed by atoms with E-state index in [1.54, 1.807) is 0 Å². The minimum Gasteiger partial charge on any atom is -0.379 e. The molecule has 0 heterocycles. The molecule has 0 saturated carbocycles. The Labute approximate surface area is 134 Å². The van der Waals surface area contributed by atoms with Crippen molar-refractivity contribution in [3.05, 3.63) is 0 Å². The molecule has 0 rings (SSSR count). The summed E-state index contributed by atoms with van der Waals surface area (Å²) in [5.74, 6) is 0.158. The Kier molecular flexibility index (Phi) is 14.7. The van der Waals surface area contributed by atoms with Gasteiger partial charge < -0.3 is 19.5 Å². The average molecular weight is 321 g/mol. The number of hydrogen-bond acceptors (Lipinski definition) is 6. The van der Waals surface area contributed by atoms with Crippen LogP contribution in [-0.2, 0) is 19.0 Å². The van der Waals surface area contributed by atoms with Gasteiger partial charge in [-0.05, 0) is 26.3 Å². The lowest BCUT2D eigenvalue weighted by atomic mass is 10.1. The Balaban J connectivity index is 3.08. The van der Waals surface area contributed by atoms with Gasteiger partial charge >= 0.3 is 0 Å². The molecule has 0 aromatic heterocycles. The van der Waals surface area contributed by atoms with Gasteiger partial charge in [-0.3, -0.25) is 4.79 Å². The second-order valence-corrected chi connectivity index (χ2v) is 6.01. The van der Waals surface area contributed by atoms with E-state index in [1.807, 2.05) is 20.8 Å². The average Bonchev–Trinajstić information content (AvgIpc) is 2.43. The Hall–Kier alpha value is -0.140. The number of unbranched alkanes of at least 4 members (excludes halogenated alkanes) is 1. The number of carbonyl (C=O) groups excluding carboxylic acids is 1. The molecule has 0 saturated heterocycles. The van der Waals surface area contributed by atoms with Crippen LogP contribution in [0.2, 0.25) is 0 Å². The lowest BCUT2D eigenvalue weighted by Crippen LogP contribution is -2.22. The fourth-order valence-electron chi connectivity index (χ4n) is 1.42. The molecule has 0 fully saturated rings. The summed E-state index contributed by atoms with van der Waals surface area (Å²) in [4.78, 5) is 11.3. The maximum absolute atomic E-state index is 11.3. The Morgan fingerprint density at radius 2 is 1.52 bits per heavy atom. The van der Waals surface area contributed by atoms with Crippen LogP contribution in [0.5, 0.6) is 0 Å². The Bertz CT molecular complexity index is 250. The minimum atomic E-state index is 0.0329. The van der Waals surface area contributed by atoms with Crippen molar-refractivity contribution < 1.29 is 19.0 Å². The van der Waals surface area contributed by atoms with Crippen molar-refractivity contribution in [2.75, 3.05) is 46.2 Å². The number of hydrogen-bond donors (Lipinski definition) is 2. The first-order valence-corrected chi connectivity index (χ1v) is 8.23. The highest BCUT2D eigenvalue weighted by Gasteiger charge is 2.06. The highest BCUT2D eigenvalue weighted by Crippen LogP contribution is 1.94. The van der Waals surface area contributed by atoms with E-state index < -0.39 is 0 Å². The van der Waals surface area contributed by atoms with Crippen molar-refractivity contribution in [3.63, 3.8) is 0 Å². The molecule has 21 heavy (non-hydrogen) atoms. The van der Waals surface area contributed by atoms with Crippen LogP contribution >= 0.6 is 12.6 Å². The van der Waals surface area contributed by atoms with Gasteiger partial charge in [0.25, 0.3) is 0 Å². The molecule has 0 aliphatic carbocycles. The van der Waals surface area contributed by atoms with E-state index in [0.717, 1.165) is 26.0 Å². The zero-order valence-corrected chi connectivity index (χ0v) is 14.5. The van der Waals surface area contributed by atoms with E-state index >= 15 is 0 Å². The molecular formula is C15H31NO4S. The van der Waals surface area contributed by atoms with Crippen LogP contribution in [-0.4, -0.2) is 57.3 Å². The third-order valence-corrected chi connectivity index (χ3v) is 2.97. The van der Waals surface area contributed by atoms with Crippen LogP contribution in [0.3, 0.4) is 0 Å². The van der Waals surface area contributed by atoms with Crippen molar-refractivity contribution in [2.45, 2.75) is 39.0 Å². The molecule has 5 nitrogen and oxygen atoms in total. The third-order valence-electron chi connectivity index (χ3n) is 2.79. The summed E-state index contributed by atoms with van der Waals surface area (Å²) < 4.78 is 16.0. The van der Waals surface area contributed by atoms with Crippen molar-refractivity contribution in [1.82, 2.24) is 5.32 Å². The highest BCUT2D eigenvalue weighted by molar-refractivity contribution is 7.80. The minimum absolute atomic E-state index is 0.0329. The molecule has 1 atom stereocenters. The Morgan fingerprint density at radius 1 is 0.952 bits per heavy atom. The number of Topliss-reactive ketones (excluding diaryl/α,β-unsaturated/α-hetero) is 1. The normalized spacial score (nSPS) is 12.8. The zero-order chi connectivity index (χ0) is 15.9. The van der Waals surface area contributed by atoms with Gasteiger partial charge in [-0.1, -0.05) is 13.8 Å². The fraction of sp³-hybridized carbons (Fsp3) is 0.933. The van der Waals surface area contributed by atoms with Gasteiger partial charge in [-0.2, -0.15) is 12.6 Å². The van der Waals surface area contributed by atoms with Gasteiger partial charge in [0.15, 0.2) is 5.78 Å². The van der Waals surface area contributed by atoms with Crippen molar-refractivity contribution in [2.24, 2.45) is 5.92 Å². The molecule has 0 radical (unpaired) electrons. The van der Waals surface area contributed by atoms with Crippen LogP contribution in [0.25, 0.3) is 0 Å². The van der Waals surface area contributed by atoms with Crippen molar-refractivity contribution in [1.29, 1.82) is 0 Å². The monoisotopic (exact) mass is 321 g/mol. The number of nitrogens with one attached hydrogen (secondary N) is 1. The summed E-state index contributed by atoms with van der Waals surface area (Å²) in [5, 5.41) is 3.48. The lowest BCUT2D eigenvalue weighted by Gasteiger charge is -2.08. The topological polar surface area (TPSA) is 56.8 Å². The van der Waals surface area contributed by atoms with Gasteiger partial charge in [0.1, 0.15) is 6.61 Å². The van der Waals surface area contributed by atoms with E-state index in [1.165, 1.54) is 0 Å². The second-order valence-electron chi connectivity index (χ2n) is 5.24. The predicted molar refractivity (Wildman–Crippen MR) is 88.0 cm³/mol. The summed E-state index contributed by atoms with van der Waals surface area (Å²) >= 11 is 4.24. The van der Waals surface area contributed by atoms with Crippen LogP contribution in [0, 0.1) is 5.92 Å². The van der Waals surface area contributed by atoms with E-state index in [-0.39, 0.29) is 23.7 Å². The van der Waals surface area contributed by atoms with Gasteiger partial charge in [0.05, 0.1) is 26.4 Å². The molecule has 0 aliphatic heterocycles. The zero-order valence-electron chi connectivity index (χ0n) is 13.6. The Morgan fingerprint density at radius 3 is 2.10 bits per heavy atom. The van der Waals surface area contributed by atoms with E-state index in [9.17, 15) is 4.79 Å². The van der Waals surface area contributed by atoms with Crippen molar-refractivity contribution >= 4 is 18.4 Å². The summed E-state index contributed by atoms with van der Waals surface area (Å²) in [6.07, 6.45) is 2.12. The van der Waals surface area contributed by atoms with Gasteiger partial charge in [0, 0.05) is 17.9 Å². The lowest BCUT2D eigenvalue weighted by molar-refractivity contribution is -0.127. The van der Waals surface area contributed by atoms with Crippen LogP contribution in [0.1, 0.15) is 33.6 Å². The fourth-order valence-corrected chi connectivity index (χ4v) is 1.55. The summed E-state index contributed by atoms with van der Waals surface area (Å²) in [6, 6.07) is 0. The quantitative estimate of drug-likeness (QED) is 0.274. The molecule has 126 valence electrons. The number of carbonyl (C=O) groups is 1. The second kappa shape index (κ2) is 14.8. The summed E-state index contributed by atoms with van der Waals surface area (Å²) in [6.45, 7) is 9.76. The molecule has 0 aliphatic rings. The maximum atomic E-state index is 11.3. The van der Waals surface area contributed by atoms with Crippen molar-refractivity contribution in [3.8, 4) is 0 Å². The third kappa shape index (κ3) is 16.1. The largest absolute Gasteiger partial charge is 0.379 e. The molecule has 1 N–H and O–H groups in total. The van der Waals surface area contributed by atoms with E-state index in [2.05, 4.69) is 17.9 Å². The van der Waals surface area contributed by atoms with Crippen LogP contribution in [0.4, 0.5) is 0 Å². The summed E-state index contributed by atoms with van der Waals surface area (Å²) in [5.41, 5.74) is 0. The van der Waals surface area contributed by atoms with E-state index in [0.29, 0.717) is 26.4 Å². The first-order chi connectivity index (χ1) is 10.0. The standard InChI is InChI=1S/C15H31NO4S/c1-13(2)15(17)12-20-11-10-19-9-8-18-7-5-4-6-16-14(3)21/h13-14,16,21H,4-12H2,1-3H3. The molecule has 6 heteroatoms. The molecule has 0 aromatic rings. The number of ketones is 1. The van der Waals surface area contributed by atoms with Gasteiger partial charge in [-0.15, -0.1) is 0 Å². The smallest absolute Gasteiger partial charge is 0.160 e. The molecule has 0 aromatic carbocycles. The van der Waals surface area contributed by atoms with Crippen LogP contribution in [0.15, 0.2) is 0 Å². The number of rotatable bonds is 15. The SMILES string of the molecule is CC(S)NCCCCOCCOCCOCC(=O)C(C)C. The number of ether oxygens (including phenoxy) is 3. The highest BCUT2D eigenvalue weighted by atomic mass is 32.1. The summed E-state index contributed by atoms with van der Waals surface area (Å²) in [7, 11) is 0. The molecule has 1 unspecified atom stereocenters. The maximum Gasteiger partial charge on any atom is 0.160 e. The molecule has 0 bridgehead atoms. The first-order valence-electron chi connectivity index (χ1n) is 7.71. The van der Waals surface area contributed by atoms with Crippen LogP contribution < -0.4 is 5.32 Å². The van der Waals surface area contributed by atoms with Gasteiger partial charge in [-0.25, -0.2) is 0 Å². The predicted octanol–water partition coefficient (Wildman–Crippen LogP) is 1.91. The first kappa shape index (κ1) is 20.9. The van der Waals surface area contributed by atoms with Gasteiger partial charge in [0.2, 0.25) is 0 Å². The van der Waals surface area contributed by atoms with E-state index in [4.69, 9.17) is 14.2 Å². The molecule has 0 amide bonds. The molecular weight excluding hydrogens is 290 g/mol. The molecule has 0 spiro atoms.